The predicted octanol–water partition coefficient (Wildman–Crippen LogP) is 1.66. The lowest BCUT2D eigenvalue weighted by molar-refractivity contribution is -0.260. The molecule has 12 heteroatoms. The van der Waals surface area contributed by atoms with Crippen LogP contribution in [0.4, 0.5) is 0 Å². The standard InChI is InChI=1S/C16H26O10S2/c17-15(13(27(19,20)21)11-7-3-1-4-8-11)25-26-16(18)14(28(22,23)24)12-9-5-2-6-10-12/h11-14H,1-10H2,(H,19,20,21)(H,22,23,24). The van der Waals surface area contributed by atoms with Crippen LogP contribution in [-0.4, -0.2) is 48.4 Å². The van der Waals surface area contributed by atoms with Gasteiger partial charge in [0.15, 0.2) is 10.5 Å². The summed E-state index contributed by atoms with van der Waals surface area (Å²) >= 11 is 0. The van der Waals surface area contributed by atoms with Gasteiger partial charge in [0.1, 0.15) is 0 Å². The van der Waals surface area contributed by atoms with Crippen molar-refractivity contribution in [3.8, 4) is 0 Å². The minimum Gasteiger partial charge on any atom is -0.285 e. The van der Waals surface area contributed by atoms with Gasteiger partial charge in [-0.2, -0.15) is 16.8 Å². The van der Waals surface area contributed by atoms with Crippen molar-refractivity contribution in [2.24, 2.45) is 11.8 Å². The summed E-state index contributed by atoms with van der Waals surface area (Å²) in [6.45, 7) is 0. The van der Waals surface area contributed by atoms with Crippen LogP contribution >= 0.6 is 0 Å². The van der Waals surface area contributed by atoms with E-state index < -0.39 is 54.5 Å². The van der Waals surface area contributed by atoms with E-state index in [0.717, 1.165) is 12.8 Å². The van der Waals surface area contributed by atoms with Gasteiger partial charge in [0.2, 0.25) is 0 Å². The quantitative estimate of drug-likeness (QED) is 0.351. The zero-order chi connectivity index (χ0) is 20.9. The van der Waals surface area contributed by atoms with Crippen molar-refractivity contribution in [2.45, 2.75) is 74.7 Å². The first-order valence-electron chi connectivity index (χ1n) is 9.36. The molecule has 2 aliphatic rings. The minimum atomic E-state index is -4.81. The summed E-state index contributed by atoms with van der Waals surface area (Å²) in [5, 5.41) is -3.83. The zero-order valence-corrected chi connectivity index (χ0v) is 17.0. The molecule has 0 bridgehead atoms. The molecule has 10 nitrogen and oxygen atoms in total. The van der Waals surface area contributed by atoms with Crippen molar-refractivity contribution in [3.63, 3.8) is 0 Å². The third-order valence-corrected chi connectivity index (χ3v) is 7.91. The van der Waals surface area contributed by atoms with Gasteiger partial charge in [0.05, 0.1) is 0 Å². The van der Waals surface area contributed by atoms with Crippen LogP contribution in [-0.2, 0) is 39.6 Å². The van der Waals surface area contributed by atoms with Gasteiger partial charge in [0.25, 0.3) is 20.2 Å². The van der Waals surface area contributed by atoms with Crippen LogP contribution in [0.15, 0.2) is 0 Å². The van der Waals surface area contributed by atoms with Crippen LogP contribution in [0.2, 0.25) is 0 Å². The van der Waals surface area contributed by atoms with Crippen molar-refractivity contribution in [1.82, 2.24) is 0 Å². The van der Waals surface area contributed by atoms with Gasteiger partial charge in [-0.05, 0) is 37.5 Å². The topological polar surface area (TPSA) is 161 Å². The Morgan fingerprint density at radius 1 is 0.643 bits per heavy atom. The molecule has 0 heterocycles. The van der Waals surface area contributed by atoms with Crippen LogP contribution in [0, 0.1) is 11.8 Å². The van der Waals surface area contributed by atoms with Gasteiger partial charge >= 0.3 is 11.9 Å². The molecule has 2 aliphatic carbocycles. The average molecular weight is 443 g/mol. The van der Waals surface area contributed by atoms with Crippen molar-refractivity contribution in [2.75, 3.05) is 0 Å². The van der Waals surface area contributed by atoms with Gasteiger partial charge < -0.3 is 0 Å². The normalized spacial score (nSPS) is 22.2. The smallest absolute Gasteiger partial charge is 0.285 e. The molecule has 2 N–H and O–H groups in total. The maximum absolute atomic E-state index is 12.2. The summed E-state index contributed by atoms with van der Waals surface area (Å²) in [5.74, 6) is -4.35. The Morgan fingerprint density at radius 2 is 0.929 bits per heavy atom. The summed E-state index contributed by atoms with van der Waals surface area (Å²) in [6, 6.07) is 0. The molecule has 2 unspecified atom stereocenters. The lowest BCUT2D eigenvalue weighted by Crippen LogP contribution is -2.42. The molecule has 0 spiro atoms. The van der Waals surface area contributed by atoms with Gasteiger partial charge in [0, 0.05) is 0 Å². The first-order chi connectivity index (χ1) is 13.0. The second-order valence-corrected chi connectivity index (χ2v) is 10.5. The first-order valence-corrected chi connectivity index (χ1v) is 12.4. The molecule has 28 heavy (non-hydrogen) atoms. The average Bonchev–Trinajstić information content (AvgIpc) is 2.60. The number of rotatable bonds is 6. The Morgan fingerprint density at radius 3 is 1.18 bits per heavy atom. The molecule has 2 atom stereocenters. The fraction of sp³-hybridized carbons (Fsp3) is 0.875. The number of hydrogen-bond donors (Lipinski definition) is 2. The molecule has 0 aromatic rings. The molecule has 0 radical (unpaired) electrons. The SMILES string of the molecule is O=C(OOC(=O)C(C1CCCCC1)S(=O)(=O)O)C(C1CCCCC1)S(=O)(=O)O. The van der Waals surface area contributed by atoms with Crippen LogP contribution in [0.25, 0.3) is 0 Å². The van der Waals surface area contributed by atoms with E-state index in [1.54, 1.807) is 0 Å². The van der Waals surface area contributed by atoms with Crippen molar-refractivity contribution in [1.29, 1.82) is 0 Å². The fourth-order valence-electron chi connectivity index (χ4n) is 4.17. The van der Waals surface area contributed by atoms with Crippen LogP contribution in [0.1, 0.15) is 64.2 Å². The summed E-state index contributed by atoms with van der Waals surface area (Å²) in [4.78, 5) is 33.0. The first kappa shape index (κ1) is 23.0. The highest BCUT2D eigenvalue weighted by molar-refractivity contribution is 7.87. The van der Waals surface area contributed by atoms with E-state index in [1.807, 2.05) is 0 Å². The highest BCUT2D eigenvalue weighted by Crippen LogP contribution is 2.32. The van der Waals surface area contributed by atoms with E-state index in [0.29, 0.717) is 51.4 Å². The molecule has 2 saturated carbocycles. The predicted molar refractivity (Wildman–Crippen MR) is 96.0 cm³/mol. The molecule has 2 rings (SSSR count). The Balaban J connectivity index is 2.08. The van der Waals surface area contributed by atoms with E-state index in [2.05, 4.69) is 9.78 Å². The largest absolute Gasteiger partial charge is 0.376 e. The highest BCUT2D eigenvalue weighted by Gasteiger charge is 2.44. The van der Waals surface area contributed by atoms with E-state index in [4.69, 9.17) is 0 Å². The molecule has 0 aliphatic heterocycles. The van der Waals surface area contributed by atoms with Gasteiger partial charge in [-0.15, -0.1) is 0 Å². The highest BCUT2D eigenvalue weighted by atomic mass is 32.2. The van der Waals surface area contributed by atoms with E-state index in [1.165, 1.54) is 0 Å². The molecular formula is C16H26O10S2. The van der Waals surface area contributed by atoms with Gasteiger partial charge in [-0.25, -0.2) is 19.4 Å². The van der Waals surface area contributed by atoms with E-state index >= 15 is 0 Å². The molecular weight excluding hydrogens is 416 g/mol. The molecule has 162 valence electrons. The number of carbonyl (C=O) groups is 2. The van der Waals surface area contributed by atoms with Crippen LogP contribution < -0.4 is 0 Å². The van der Waals surface area contributed by atoms with Gasteiger partial charge in [-0.1, -0.05) is 38.5 Å². The Hall–Kier alpha value is -1.24. The van der Waals surface area contributed by atoms with Crippen molar-refractivity contribution < 1.29 is 45.3 Å². The van der Waals surface area contributed by atoms with Crippen molar-refractivity contribution in [3.05, 3.63) is 0 Å². The number of hydrogen-bond acceptors (Lipinski definition) is 8. The third kappa shape index (κ3) is 6.13. The van der Waals surface area contributed by atoms with Crippen molar-refractivity contribution >= 4 is 32.2 Å². The zero-order valence-electron chi connectivity index (χ0n) is 15.4. The maximum Gasteiger partial charge on any atom is 0.376 e. The minimum absolute atomic E-state index is 0.378. The second kappa shape index (κ2) is 9.51. The van der Waals surface area contributed by atoms with E-state index in [-0.39, 0.29) is 0 Å². The molecule has 0 aromatic carbocycles. The molecule has 0 aromatic heterocycles. The monoisotopic (exact) mass is 442 g/mol. The van der Waals surface area contributed by atoms with E-state index in [9.17, 15) is 35.5 Å². The van der Waals surface area contributed by atoms with Crippen LogP contribution in [0.5, 0.6) is 0 Å². The number of carbonyl (C=O) groups excluding carboxylic acids is 2. The Kier molecular flexibility index (Phi) is 7.82. The summed E-state index contributed by atoms with van der Waals surface area (Å²) < 4.78 is 65.3. The maximum atomic E-state index is 12.2. The summed E-state index contributed by atoms with van der Waals surface area (Å²) in [6.07, 6.45) is 5.96. The van der Waals surface area contributed by atoms with Crippen LogP contribution in [0.3, 0.4) is 0 Å². The molecule has 2 fully saturated rings. The molecule has 0 saturated heterocycles. The fourth-order valence-corrected chi connectivity index (χ4v) is 6.25. The Bertz CT molecular complexity index is 695. The Labute approximate surface area is 164 Å². The second-order valence-electron chi connectivity index (χ2n) is 7.47. The molecule has 0 amide bonds. The van der Waals surface area contributed by atoms with Gasteiger partial charge in [-0.3, -0.25) is 9.11 Å². The summed E-state index contributed by atoms with van der Waals surface area (Å²) in [7, 11) is -9.63. The lowest BCUT2D eigenvalue weighted by Gasteiger charge is -2.27. The summed E-state index contributed by atoms with van der Waals surface area (Å²) in [5.41, 5.74) is 0. The lowest BCUT2D eigenvalue weighted by atomic mass is 9.86. The third-order valence-electron chi connectivity index (χ3n) is 5.47.